The Balaban J connectivity index is 2.29. The highest BCUT2D eigenvalue weighted by molar-refractivity contribution is 7.12. The fourth-order valence-electron chi connectivity index (χ4n) is 1.70. The van der Waals surface area contributed by atoms with Crippen molar-refractivity contribution in [3.63, 3.8) is 0 Å². The Hall–Kier alpha value is -0.420. The van der Waals surface area contributed by atoms with Gasteiger partial charge in [0.05, 0.1) is 19.8 Å². The topological polar surface area (TPSA) is 41.5 Å². The normalized spacial score (nSPS) is 13.0. The summed E-state index contributed by atoms with van der Waals surface area (Å²) < 4.78 is 5.19. The van der Waals surface area contributed by atoms with E-state index >= 15 is 0 Å². The molecule has 92 valence electrons. The van der Waals surface area contributed by atoms with E-state index in [1.165, 1.54) is 15.3 Å². The summed E-state index contributed by atoms with van der Waals surface area (Å²) in [6, 6.07) is 2.61. The highest BCUT2D eigenvalue weighted by Gasteiger charge is 2.09. The van der Waals surface area contributed by atoms with Gasteiger partial charge < -0.3 is 15.2 Å². The molecular formula is C12H21NO2S. The number of thiophene rings is 1. The van der Waals surface area contributed by atoms with Gasteiger partial charge in [-0.25, -0.2) is 0 Å². The third-order valence-electron chi connectivity index (χ3n) is 2.48. The summed E-state index contributed by atoms with van der Waals surface area (Å²) in [6.07, 6.45) is 0. The minimum absolute atomic E-state index is 0.0956. The highest BCUT2D eigenvalue weighted by Crippen LogP contribution is 2.25. The molecule has 0 aliphatic heterocycles. The first kappa shape index (κ1) is 13.6. The lowest BCUT2D eigenvalue weighted by molar-refractivity contribution is 0.0928. The summed E-state index contributed by atoms with van der Waals surface area (Å²) in [6.45, 7) is 8.44. The van der Waals surface area contributed by atoms with Gasteiger partial charge >= 0.3 is 0 Å². The minimum atomic E-state index is 0.0956. The molecule has 0 aromatic carbocycles. The van der Waals surface area contributed by atoms with Gasteiger partial charge in [0, 0.05) is 22.3 Å². The van der Waals surface area contributed by atoms with Crippen molar-refractivity contribution in [2.24, 2.45) is 0 Å². The van der Waals surface area contributed by atoms with E-state index in [0.717, 1.165) is 6.54 Å². The molecule has 1 atom stereocenters. The van der Waals surface area contributed by atoms with E-state index in [1.54, 1.807) is 0 Å². The van der Waals surface area contributed by atoms with E-state index in [0.29, 0.717) is 19.3 Å². The minimum Gasteiger partial charge on any atom is -0.394 e. The van der Waals surface area contributed by atoms with Crippen molar-refractivity contribution < 1.29 is 9.84 Å². The number of ether oxygens (including phenoxy) is 1. The lowest BCUT2D eigenvalue weighted by Crippen LogP contribution is -2.23. The van der Waals surface area contributed by atoms with Crippen LogP contribution in [0.15, 0.2) is 6.07 Å². The molecule has 0 aliphatic rings. The second-order valence-corrected chi connectivity index (χ2v) is 5.34. The van der Waals surface area contributed by atoms with Gasteiger partial charge in [-0.2, -0.15) is 0 Å². The monoisotopic (exact) mass is 243 g/mol. The molecular weight excluding hydrogens is 222 g/mol. The number of nitrogens with one attached hydrogen (secondary N) is 1. The van der Waals surface area contributed by atoms with Gasteiger partial charge in [0.2, 0.25) is 0 Å². The molecule has 0 aliphatic carbocycles. The Morgan fingerprint density at radius 2 is 2.19 bits per heavy atom. The van der Waals surface area contributed by atoms with Crippen molar-refractivity contribution >= 4 is 11.3 Å². The summed E-state index contributed by atoms with van der Waals surface area (Å²) >= 11 is 1.84. The zero-order valence-electron chi connectivity index (χ0n) is 10.2. The highest BCUT2D eigenvalue weighted by atomic mass is 32.1. The zero-order valence-corrected chi connectivity index (χ0v) is 11.1. The van der Waals surface area contributed by atoms with Gasteiger partial charge in [0.25, 0.3) is 0 Å². The van der Waals surface area contributed by atoms with Crippen molar-refractivity contribution in [2.45, 2.75) is 26.8 Å². The fourth-order valence-corrected chi connectivity index (χ4v) is 2.73. The largest absolute Gasteiger partial charge is 0.394 e. The average Bonchev–Trinajstić information content (AvgIpc) is 2.57. The molecule has 2 N–H and O–H groups in total. The Labute approximate surface area is 101 Å². The Kier molecular flexibility index (Phi) is 5.98. The number of aliphatic hydroxyl groups is 1. The number of rotatable bonds is 7. The van der Waals surface area contributed by atoms with Crippen molar-refractivity contribution in [3.05, 3.63) is 21.4 Å². The first-order valence-electron chi connectivity index (χ1n) is 5.64. The lowest BCUT2D eigenvalue weighted by Gasteiger charge is -2.13. The number of hydrogen-bond donors (Lipinski definition) is 2. The third-order valence-corrected chi connectivity index (χ3v) is 3.46. The van der Waals surface area contributed by atoms with E-state index in [-0.39, 0.29) is 6.61 Å². The molecule has 0 saturated heterocycles. The van der Waals surface area contributed by atoms with Crippen LogP contribution >= 0.6 is 11.3 Å². The quantitative estimate of drug-likeness (QED) is 0.720. The molecule has 0 fully saturated rings. The predicted molar refractivity (Wildman–Crippen MR) is 68.1 cm³/mol. The number of aryl methyl sites for hydroxylation is 2. The first-order chi connectivity index (χ1) is 7.65. The van der Waals surface area contributed by atoms with Crippen LogP contribution < -0.4 is 5.32 Å². The third kappa shape index (κ3) is 4.22. The molecule has 4 heteroatoms. The van der Waals surface area contributed by atoms with Crippen LogP contribution in [0.2, 0.25) is 0 Å². The summed E-state index contributed by atoms with van der Waals surface area (Å²) in [5, 5.41) is 12.0. The molecule has 0 radical (unpaired) electrons. The van der Waals surface area contributed by atoms with Gasteiger partial charge in [-0.05, 0) is 32.4 Å². The van der Waals surface area contributed by atoms with Crippen LogP contribution in [0.1, 0.15) is 28.3 Å². The van der Waals surface area contributed by atoms with Crippen LogP contribution in [0.3, 0.4) is 0 Å². The fraction of sp³-hybridized carbons (Fsp3) is 0.667. The van der Waals surface area contributed by atoms with E-state index in [9.17, 15) is 0 Å². The molecule has 3 nitrogen and oxygen atoms in total. The molecule has 1 aromatic rings. The van der Waals surface area contributed by atoms with Crippen LogP contribution in [0.5, 0.6) is 0 Å². The maximum absolute atomic E-state index is 8.55. The lowest BCUT2D eigenvalue weighted by atomic mass is 10.1. The average molecular weight is 243 g/mol. The zero-order chi connectivity index (χ0) is 12.0. The molecule has 1 heterocycles. The Morgan fingerprint density at radius 3 is 2.75 bits per heavy atom. The standard InChI is InChI=1S/C12H21NO2S/c1-9-8-12(11(3)16-9)10(2)13-4-6-15-7-5-14/h8,10,13-14H,4-7H2,1-3H3. The van der Waals surface area contributed by atoms with Crippen LogP contribution in [0, 0.1) is 13.8 Å². The van der Waals surface area contributed by atoms with Gasteiger partial charge in [-0.3, -0.25) is 0 Å². The van der Waals surface area contributed by atoms with E-state index in [1.807, 2.05) is 11.3 Å². The molecule has 16 heavy (non-hydrogen) atoms. The summed E-state index contributed by atoms with van der Waals surface area (Å²) in [5.74, 6) is 0. The molecule has 0 amide bonds. The molecule has 0 spiro atoms. The summed E-state index contributed by atoms with van der Waals surface area (Å²) in [7, 11) is 0. The summed E-state index contributed by atoms with van der Waals surface area (Å²) in [5.41, 5.74) is 1.38. The second kappa shape index (κ2) is 7.01. The van der Waals surface area contributed by atoms with Crippen molar-refractivity contribution in [1.29, 1.82) is 0 Å². The predicted octanol–water partition coefficient (Wildman–Crippen LogP) is 2.02. The van der Waals surface area contributed by atoms with Crippen LogP contribution in [0.4, 0.5) is 0 Å². The Bertz CT molecular complexity index is 312. The Morgan fingerprint density at radius 1 is 1.44 bits per heavy atom. The van der Waals surface area contributed by atoms with Gasteiger partial charge in [0.15, 0.2) is 0 Å². The van der Waals surface area contributed by atoms with Crippen LogP contribution in [-0.4, -0.2) is 31.5 Å². The van der Waals surface area contributed by atoms with E-state index < -0.39 is 0 Å². The van der Waals surface area contributed by atoms with Crippen molar-refractivity contribution in [1.82, 2.24) is 5.32 Å². The van der Waals surface area contributed by atoms with Gasteiger partial charge in [-0.1, -0.05) is 0 Å². The molecule has 0 saturated carbocycles. The molecule has 1 unspecified atom stereocenters. The van der Waals surface area contributed by atoms with Gasteiger partial charge in [-0.15, -0.1) is 11.3 Å². The van der Waals surface area contributed by atoms with Crippen molar-refractivity contribution in [2.75, 3.05) is 26.4 Å². The number of hydrogen-bond acceptors (Lipinski definition) is 4. The first-order valence-corrected chi connectivity index (χ1v) is 6.45. The van der Waals surface area contributed by atoms with E-state index in [2.05, 4.69) is 32.2 Å². The maximum Gasteiger partial charge on any atom is 0.0698 e. The molecule has 0 bridgehead atoms. The van der Waals surface area contributed by atoms with E-state index in [4.69, 9.17) is 9.84 Å². The van der Waals surface area contributed by atoms with Crippen molar-refractivity contribution in [3.8, 4) is 0 Å². The second-order valence-electron chi connectivity index (χ2n) is 3.88. The summed E-state index contributed by atoms with van der Waals surface area (Å²) in [4.78, 5) is 2.74. The number of aliphatic hydroxyl groups excluding tert-OH is 1. The maximum atomic E-state index is 8.55. The van der Waals surface area contributed by atoms with Crippen LogP contribution in [-0.2, 0) is 4.74 Å². The molecule has 1 aromatic heterocycles. The SMILES string of the molecule is Cc1cc(C(C)NCCOCCO)c(C)s1. The van der Waals surface area contributed by atoms with Gasteiger partial charge in [0.1, 0.15) is 0 Å². The molecule has 1 rings (SSSR count). The smallest absolute Gasteiger partial charge is 0.0698 e. The van der Waals surface area contributed by atoms with Crippen LogP contribution in [0.25, 0.3) is 0 Å².